The third kappa shape index (κ3) is 8.49. The summed E-state index contributed by atoms with van der Waals surface area (Å²) in [5.41, 5.74) is 3.72. The van der Waals surface area contributed by atoms with Gasteiger partial charge in [-0.2, -0.15) is 0 Å². The quantitative estimate of drug-likeness (QED) is 0.207. The van der Waals surface area contributed by atoms with E-state index in [-0.39, 0.29) is 36.4 Å². The highest BCUT2D eigenvalue weighted by Gasteiger charge is 2.40. The molecule has 0 spiro atoms. The summed E-state index contributed by atoms with van der Waals surface area (Å²) in [7, 11) is 0. The van der Waals surface area contributed by atoms with Gasteiger partial charge in [0.2, 0.25) is 5.91 Å². The van der Waals surface area contributed by atoms with Gasteiger partial charge in [0.05, 0.1) is 29.1 Å². The number of nitrogens with one attached hydrogen (secondary N) is 2. The van der Waals surface area contributed by atoms with E-state index in [9.17, 15) is 13.6 Å². The first-order valence-corrected chi connectivity index (χ1v) is 17.4. The second-order valence-corrected chi connectivity index (χ2v) is 14.1. The Hall–Kier alpha value is -2.69. The Labute approximate surface area is 289 Å². The van der Waals surface area contributed by atoms with Gasteiger partial charge >= 0.3 is 0 Å². The van der Waals surface area contributed by atoms with Crippen LogP contribution >= 0.6 is 34.8 Å². The SMILES string of the molecule is Cc1cc(Cl)c(O[C@H]2CCN(c3ccc([C@H]4CCNC[C@@H]4C(=O)N(Cc4cc(CNCC(F)F)ccc4Cl)C4CC4)cn3)C2)c(Cl)c1. The Morgan fingerprint density at radius 3 is 2.57 bits per heavy atom. The van der Waals surface area contributed by atoms with Gasteiger partial charge < -0.3 is 25.2 Å². The zero-order valence-electron chi connectivity index (χ0n) is 26.3. The van der Waals surface area contributed by atoms with E-state index in [1.807, 2.05) is 48.4 Å². The minimum Gasteiger partial charge on any atom is -0.485 e. The molecule has 3 atom stereocenters. The molecule has 0 unspecified atom stereocenters. The topological polar surface area (TPSA) is 69.7 Å². The number of halogens is 5. The monoisotopic (exact) mass is 705 g/mol. The average Bonchev–Trinajstić information content (AvgIpc) is 3.79. The van der Waals surface area contributed by atoms with Gasteiger partial charge in [-0.15, -0.1) is 0 Å². The summed E-state index contributed by atoms with van der Waals surface area (Å²) < 4.78 is 31.5. The second-order valence-electron chi connectivity index (χ2n) is 12.8. The number of carbonyl (C=O) groups is 1. The van der Waals surface area contributed by atoms with Crippen LogP contribution in [0.4, 0.5) is 14.6 Å². The molecule has 2 N–H and O–H groups in total. The summed E-state index contributed by atoms with van der Waals surface area (Å²) in [6.45, 7) is 5.16. The third-order valence-electron chi connectivity index (χ3n) is 9.24. The molecule has 0 radical (unpaired) electrons. The summed E-state index contributed by atoms with van der Waals surface area (Å²) in [6.07, 6.45) is 3.03. The number of ether oxygens (including phenoxy) is 1. The molecule has 0 bridgehead atoms. The van der Waals surface area contributed by atoms with Crippen molar-refractivity contribution in [1.29, 1.82) is 0 Å². The molecule has 3 heterocycles. The van der Waals surface area contributed by atoms with Gasteiger partial charge in [-0.25, -0.2) is 13.8 Å². The number of pyridine rings is 1. The maximum atomic E-state index is 14.2. The number of amides is 1. The van der Waals surface area contributed by atoms with Crippen molar-refractivity contribution in [2.45, 2.75) is 70.2 Å². The van der Waals surface area contributed by atoms with Crippen molar-refractivity contribution in [2.75, 3.05) is 37.6 Å². The van der Waals surface area contributed by atoms with Crippen molar-refractivity contribution < 1.29 is 18.3 Å². The van der Waals surface area contributed by atoms with E-state index in [2.05, 4.69) is 21.6 Å². The predicted octanol–water partition coefficient (Wildman–Crippen LogP) is 7.25. The number of hydrogen-bond acceptors (Lipinski definition) is 6. The Morgan fingerprint density at radius 2 is 1.87 bits per heavy atom. The van der Waals surface area contributed by atoms with E-state index in [1.165, 1.54) is 0 Å². The Kier molecular flexibility index (Phi) is 11.1. The third-order valence-corrected chi connectivity index (χ3v) is 10.2. The summed E-state index contributed by atoms with van der Waals surface area (Å²) in [5.74, 6) is 1.30. The lowest BCUT2D eigenvalue weighted by atomic mass is 9.80. The molecule has 3 aromatic rings. The normalized spacial score (nSPS) is 21.3. The molecule has 6 rings (SSSR count). The molecule has 1 aromatic heterocycles. The number of carbonyl (C=O) groups excluding carboxylic acids is 1. The van der Waals surface area contributed by atoms with Crippen LogP contribution in [0.2, 0.25) is 15.1 Å². The molecule has 12 heteroatoms. The summed E-state index contributed by atoms with van der Waals surface area (Å²) in [5, 5.41) is 7.79. The van der Waals surface area contributed by atoms with E-state index in [4.69, 9.17) is 44.5 Å². The van der Waals surface area contributed by atoms with E-state index in [0.29, 0.717) is 47.0 Å². The van der Waals surface area contributed by atoms with E-state index in [1.54, 1.807) is 6.07 Å². The largest absolute Gasteiger partial charge is 0.485 e. The minimum absolute atomic E-state index is 0.0346. The highest BCUT2D eigenvalue weighted by molar-refractivity contribution is 6.37. The fourth-order valence-electron chi connectivity index (χ4n) is 6.67. The molecule has 7 nitrogen and oxygen atoms in total. The summed E-state index contributed by atoms with van der Waals surface area (Å²) in [6, 6.07) is 13.6. The lowest BCUT2D eigenvalue weighted by Gasteiger charge is -2.36. The molecule has 252 valence electrons. The summed E-state index contributed by atoms with van der Waals surface area (Å²) in [4.78, 5) is 23.2. The maximum Gasteiger partial charge on any atom is 0.250 e. The van der Waals surface area contributed by atoms with Crippen LogP contribution in [0.25, 0.3) is 0 Å². The molecule has 2 aromatic carbocycles. The average molecular weight is 707 g/mol. The van der Waals surface area contributed by atoms with Gasteiger partial charge in [0.15, 0.2) is 5.75 Å². The standard InChI is InChI=1S/C35H40Cl3F2N5O2/c1-21-12-30(37)34(31(38)13-21)47-26-9-11-44(20-26)33-7-3-23(16-43-33)27-8-10-41-17-28(27)35(46)45(25-4-5-25)19-24-14-22(2-6-29(24)36)15-42-18-32(39)40/h2-3,6-7,12-14,16,25-28,32,41-42H,4-5,8-11,15,17-20H2,1H3/t26-,27+,28-/m0/s1. The second kappa shape index (κ2) is 15.2. The van der Waals surface area contributed by atoms with Crippen LogP contribution in [0.1, 0.15) is 53.9 Å². The number of nitrogens with zero attached hydrogens (tertiary/aromatic N) is 3. The Morgan fingerprint density at radius 1 is 1.09 bits per heavy atom. The van der Waals surface area contributed by atoms with E-state index < -0.39 is 6.43 Å². The highest BCUT2D eigenvalue weighted by atomic mass is 35.5. The fraction of sp³-hybridized carbons (Fsp3) is 0.486. The first-order valence-electron chi connectivity index (χ1n) is 16.3. The van der Waals surface area contributed by atoms with Gasteiger partial charge in [-0.3, -0.25) is 4.79 Å². The zero-order valence-corrected chi connectivity index (χ0v) is 28.6. The Bertz CT molecular complexity index is 1540. The Balaban J connectivity index is 1.11. The number of aryl methyl sites for hydroxylation is 1. The first-order chi connectivity index (χ1) is 22.7. The molecule has 2 aliphatic heterocycles. The van der Waals surface area contributed by atoms with Gasteiger partial charge in [-0.05, 0) is 85.2 Å². The number of benzene rings is 2. The van der Waals surface area contributed by atoms with Crippen molar-refractivity contribution in [1.82, 2.24) is 20.5 Å². The molecule has 47 heavy (non-hydrogen) atoms. The number of rotatable bonds is 12. The van der Waals surface area contributed by atoms with Crippen molar-refractivity contribution >= 4 is 46.5 Å². The van der Waals surface area contributed by atoms with Crippen molar-refractivity contribution in [3.63, 3.8) is 0 Å². The number of piperidine rings is 1. The fourth-order valence-corrected chi connectivity index (χ4v) is 7.54. The van der Waals surface area contributed by atoms with Crippen LogP contribution in [0, 0.1) is 12.8 Å². The van der Waals surface area contributed by atoms with E-state index >= 15 is 0 Å². The van der Waals surface area contributed by atoms with Crippen LogP contribution in [0.3, 0.4) is 0 Å². The first kappa shape index (κ1) is 34.2. The molecule has 2 saturated heterocycles. The lowest BCUT2D eigenvalue weighted by Crippen LogP contribution is -2.47. The van der Waals surface area contributed by atoms with Crippen LogP contribution in [-0.2, 0) is 17.9 Å². The molecular formula is C35H40Cl3F2N5O2. The molecule has 3 aliphatic rings. The van der Waals surface area contributed by atoms with Gasteiger partial charge in [0.25, 0.3) is 6.43 Å². The van der Waals surface area contributed by atoms with Gasteiger partial charge in [0.1, 0.15) is 11.9 Å². The van der Waals surface area contributed by atoms with Crippen LogP contribution in [-0.4, -0.2) is 67.1 Å². The van der Waals surface area contributed by atoms with Gasteiger partial charge in [-0.1, -0.05) is 53.0 Å². The highest BCUT2D eigenvalue weighted by Crippen LogP contribution is 2.38. The molecule has 3 fully saturated rings. The number of hydrogen-bond donors (Lipinski definition) is 2. The minimum atomic E-state index is -2.41. The number of alkyl halides is 2. The van der Waals surface area contributed by atoms with Crippen molar-refractivity contribution in [3.05, 3.63) is 86.0 Å². The van der Waals surface area contributed by atoms with E-state index in [0.717, 1.165) is 66.8 Å². The van der Waals surface area contributed by atoms with Crippen molar-refractivity contribution in [3.8, 4) is 5.75 Å². The van der Waals surface area contributed by atoms with Crippen molar-refractivity contribution in [2.24, 2.45) is 5.92 Å². The molecule has 1 aliphatic carbocycles. The number of aromatic nitrogens is 1. The molecule has 1 saturated carbocycles. The lowest BCUT2D eigenvalue weighted by molar-refractivity contribution is -0.138. The van der Waals surface area contributed by atoms with Gasteiger partial charge in [0, 0.05) is 49.9 Å². The maximum absolute atomic E-state index is 14.2. The number of anilines is 1. The van der Waals surface area contributed by atoms with Crippen LogP contribution < -0.4 is 20.3 Å². The summed E-state index contributed by atoms with van der Waals surface area (Å²) >= 11 is 19.4. The van der Waals surface area contributed by atoms with Crippen LogP contribution in [0.5, 0.6) is 5.75 Å². The molecule has 1 amide bonds. The van der Waals surface area contributed by atoms with Crippen LogP contribution in [0.15, 0.2) is 48.7 Å². The predicted molar refractivity (Wildman–Crippen MR) is 183 cm³/mol. The zero-order chi connectivity index (χ0) is 33.1. The molecular weight excluding hydrogens is 667 g/mol. The smallest absolute Gasteiger partial charge is 0.250 e.